The van der Waals surface area contributed by atoms with Crippen molar-refractivity contribution >= 4 is 23.2 Å². The molecule has 0 atom stereocenters. The van der Waals surface area contributed by atoms with Gasteiger partial charge in [-0.2, -0.15) is 0 Å². The zero-order chi connectivity index (χ0) is 13.9. The average Bonchev–Trinajstić information content (AvgIpc) is 2.28. The number of carbonyl (C=O) groups excluding carboxylic acids is 1. The Labute approximate surface area is 109 Å². The zero-order valence-corrected chi connectivity index (χ0v) is 10.6. The Bertz CT molecular complexity index is 517. The van der Waals surface area contributed by atoms with Gasteiger partial charge in [0.15, 0.2) is 0 Å². The quantitative estimate of drug-likeness (QED) is 0.448. The highest BCUT2D eigenvalue weighted by Gasteiger charge is 2.23. The largest absolute Gasteiger partial charge is 0.512 e. The monoisotopic (exact) mass is 270 g/mol. The van der Waals surface area contributed by atoms with E-state index in [2.05, 4.69) is 5.32 Å². The molecule has 0 spiro atoms. The maximum absolute atomic E-state index is 13.6. The number of amides is 1. The highest BCUT2D eigenvalue weighted by atomic mass is 35.5. The van der Waals surface area contributed by atoms with Gasteiger partial charge in [0, 0.05) is 7.05 Å². The summed E-state index contributed by atoms with van der Waals surface area (Å²) in [5.74, 6) is -1.78. The van der Waals surface area contributed by atoms with Crippen LogP contribution in [-0.2, 0) is 4.79 Å². The molecule has 1 amide bonds. The van der Waals surface area contributed by atoms with Gasteiger partial charge in [-0.05, 0) is 19.1 Å². The predicted molar refractivity (Wildman–Crippen MR) is 67.6 cm³/mol. The fourth-order valence-corrected chi connectivity index (χ4v) is 1.70. The molecule has 4 nitrogen and oxygen atoms in total. The average molecular weight is 271 g/mol. The number of benzene rings is 1. The Hall–Kier alpha value is -1.88. The molecular formula is C12H12ClFN2O2. The molecule has 0 aliphatic rings. The lowest BCUT2D eigenvalue weighted by molar-refractivity contribution is -0.116. The molecule has 3 N–H and O–H groups in total. The summed E-state index contributed by atoms with van der Waals surface area (Å²) >= 11 is 5.80. The van der Waals surface area contributed by atoms with Crippen LogP contribution in [0.15, 0.2) is 29.5 Å². The molecule has 0 saturated carbocycles. The SMILES string of the molecule is CNC(=O)/C(C(=N)c1c(F)cccc1Cl)=C(\C)O. The smallest absolute Gasteiger partial charge is 0.256 e. The zero-order valence-electron chi connectivity index (χ0n) is 9.84. The van der Waals surface area contributed by atoms with Crippen molar-refractivity contribution in [1.29, 1.82) is 5.41 Å². The van der Waals surface area contributed by atoms with Gasteiger partial charge >= 0.3 is 0 Å². The molecule has 0 heterocycles. The number of halogens is 2. The van der Waals surface area contributed by atoms with E-state index >= 15 is 0 Å². The first-order valence-electron chi connectivity index (χ1n) is 5.05. The number of allylic oxidation sites excluding steroid dienone is 1. The van der Waals surface area contributed by atoms with Gasteiger partial charge < -0.3 is 10.4 Å². The summed E-state index contributed by atoms with van der Waals surface area (Å²) < 4.78 is 13.6. The molecule has 1 rings (SSSR count). The van der Waals surface area contributed by atoms with Crippen molar-refractivity contribution in [3.63, 3.8) is 0 Å². The van der Waals surface area contributed by atoms with E-state index in [4.69, 9.17) is 17.0 Å². The fourth-order valence-electron chi connectivity index (χ4n) is 1.45. The van der Waals surface area contributed by atoms with E-state index in [1.807, 2.05) is 0 Å². The predicted octanol–water partition coefficient (Wildman–Crippen LogP) is 2.42. The summed E-state index contributed by atoms with van der Waals surface area (Å²) in [7, 11) is 1.35. The van der Waals surface area contributed by atoms with Gasteiger partial charge in [0.1, 0.15) is 17.1 Å². The molecule has 0 aromatic heterocycles. The van der Waals surface area contributed by atoms with Crippen molar-refractivity contribution in [3.8, 4) is 0 Å². The van der Waals surface area contributed by atoms with Gasteiger partial charge in [-0.1, -0.05) is 17.7 Å². The van der Waals surface area contributed by atoms with Crippen LogP contribution in [0.3, 0.4) is 0 Å². The lowest BCUT2D eigenvalue weighted by atomic mass is 10.0. The number of aliphatic hydroxyl groups is 1. The summed E-state index contributed by atoms with van der Waals surface area (Å²) in [6, 6.07) is 3.93. The highest BCUT2D eigenvalue weighted by molar-refractivity contribution is 6.37. The first-order valence-corrected chi connectivity index (χ1v) is 5.43. The van der Waals surface area contributed by atoms with Crippen LogP contribution in [0.5, 0.6) is 0 Å². The number of aliphatic hydroxyl groups excluding tert-OH is 1. The van der Waals surface area contributed by atoms with Crippen LogP contribution in [0.2, 0.25) is 5.02 Å². The standard InChI is InChI=1S/C12H12ClFN2O2/c1-6(17)9(12(18)16-2)11(15)10-7(13)4-3-5-8(10)14/h3-5,15,17H,1-2H3,(H,16,18)/b9-6+,15-11?. The minimum absolute atomic E-state index is 0.00246. The number of rotatable bonds is 3. The summed E-state index contributed by atoms with van der Waals surface area (Å²) in [4.78, 5) is 11.6. The Morgan fingerprint density at radius 3 is 2.56 bits per heavy atom. The first-order chi connectivity index (χ1) is 8.40. The Morgan fingerprint density at radius 2 is 2.11 bits per heavy atom. The molecule has 0 unspecified atom stereocenters. The number of carbonyl (C=O) groups is 1. The molecule has 0 radical (unpaired) electrons. The van der Waals surface area contributed by atoms with Crippen LogP contribution >= 0.6 is 11.6 Å². The molecule has 0 saturated heterocycles. The van der Waals surface area contributed by atoms with Crippen molar-refractivity contribution in [2.45, 2.75) is 6.92 Å². The molecule has 0 fully saturated rings. The number of hydrogen-bond acceptors (Lipinski definition) is 3. The van der Waals surface area contributed by atoms with E-state index in [0.29, 0.717) is 0 Å². The van der Waals surface area contributed by atoms with Crippen molar-refractivity contribution in [1.82, 2.24) is 5.32 Å². The molecule has 96 valence electrons. The molecule has 0 bridgehead atoms. The van der Waals surface area contributed by atoms with Crippen LogP contribution in [0.4, 0.5) is 4.39 Å². The second-order valence-electron chi connectivity index (χ2n) is 3.51. The molecule has 0 aliphatic heterocycles. The Balaban J connectivity index is 3.38. The molecule has 1 aromatic rings. The van der Waals surface area contributed by atoms with Crippen molar-refractivity contribution in [3.05, 3.63) is 45.9 Å². The van der Waals surface area contributed by atoms with Crippen LogP contribution < -0.4 is 5.32 Å². The molecule has 18 heavy (non-hydrogen) atoms. The number of likely N-dealkylation sites (N-methyl/N-ethyl adjacent to an activating group) is 1. The third kappa shape index (κ3) is 2.68. The van der Waals surface area contributed by atoms with Crippen molar-refractivity contribution in [2.24, 2.45) is 0 Å². The summed E-state index contributed by atoms with van der Waals surface area (Å²) in [5, 5.41) is 19.5. The minimum atomic E-state index is -0.727. The maximum Gasteiger partial charge on any atom is 0.256 e. The van der Waals surface area contributed by atoms with Gasteiger partial charge in [-0.25, -0.2) is 4.39 Å². The lowest BCUT2D eigenvalue weighted by Crippen LogP contribution is -2.27. The van der Waals surface area contributed by atoms with Crippen LogP contribution in [0, 0.1) is 11.2 Å². The first kappa shape index (κ1) is 14.2. The highest BCUT2D eigenvalue weighted by Crippen LogP contribution is 2.23. The molecule has 6 heteroatoms. The van der Waals surface area contributed by atoms with E-state index in [9.17, 15) is 14.3 Å². The number of nitrogens with one attached hydrogen (secondary N) is 2. The fraction of sp³-hybridized carbons (Fsp3) is 0.167. The van der Waals surface area contributed by atoms with Crippen LogP contribution in [-0.4, -0.2) is 23.8 Å². The van der Waals surface area contributed by atoms with E-state index < -0.39 is 17.4 Å². The van der Waals surface area contributed by atoms with E-state index in [1.165, 1.54) is 26.1 Å². The van der Waals surface area contributed by atoms with Crippen molar-refractivity contribution in [2.75, 3.05) is 7.05 Å². The molecule has 1 aromatic carbocycles. The number of hydrogen-bond donors (Lipinski definition) is 3. The van der Waals surface area contributed by atoms with E-state index in [1.54, 1.807) is 0 Å². The molecule has 0 aliphatic carbocycles. The van der Waals surface area contributed by atoms with Crippen molar-refractivity contribution < 1.29 is 14.3 Å². The summed E-state index contributed by atoms with van der Waals surface area (Å²) in [6.07, 6.45) is 0. The van der Waals surface area contributed by atoms with Gasteiger partial charge in [0.05, 0.1) is 16.3 Å². The summed E-state index contributed by atoms with van der Waals surface area (Å²) in [5.41, 5.74) is -0.992. The van der Waals surface area contributed by atoms with Gasteiger partial charge in [0.2, 0.25) is 0 Å². The maximum atomic E-state index is 13.6. The lowest BCUT2D eigenvalue weighted by Gasteiger charge is -2.11. The third-order valence-corrected chi connectivity index (χ3v) is 2.59. The van der Waals surface area contributed by atoms with E-state index in [-0.39, 0.29) is 21.9 Å². The van der Waals surface area contributed by atoms with Gasteiger partial charge in [0.25, 0.3) is 5.91 Å². The second kappa shape index (κ2) is 5.64. The minimum Gasteiger partial charge on any atom is -0.512 e. The second-order valence-corrected chi connectivity index (χ2v) is 3.92. The molecular weight excluding hydrogens is 259 g/mol. The topological polar surface area (TPSA) is 73.2 Å². The van der Waals surface area contributed by atoms with Crippen LogP contribution in [0.25, 0.3) is 0 Å². The van der Waals surface area contributed by atoms with Gasteiger partial charge in [-0.15, -0.1) is 0 Å². The normalized spacial score (nSPS) is 11.8. The van der Waals surface area contributed by atoms with E-state index in [0.717, 1.165) is 6.07 Å². The Morgan fingerprint density at radius 1 is 1.50 bits per heavy atom. The third-order valence-electron chi connectivity index (χ3n) is 2.28. The van der Waals surface area contributed by atoms with Crippen LogP contribution in [0.1, 0.15) is 12.5 Å². The van der Waals surface area contributed by atoms with Gasteiger partial charge in [-0.3, -0.25) is 10.2 Å². The Kier molecular flexibility index (Phi) is 4.44. The summed E-state index contributed by atoms with van der Waals surface area (Å²) in [6.45, 7) is 1.24.